The summed E-state index contributed by atoms with van der Waals surface area (Å²) in [5.74, 6) is 0.938. The fourth-order valence-corrected chi connectivity index (χ4v) is 4.11. The number of ether oxygens (including phenoxy) is 2. The van der Waals surface area contributed by atoms with Gasteiger partial charge < -0.3 is 14.6 Å². The lowest BCUT2D eigenvalue weighted by atomic mass is 9.58. The Morgan fingerprint density at radius 3 is 2.75 bits per heavy atom. The van der Waals surface area contributed by atoms with Crippen molar-refractivity contribution in [3.05, 3.63) is 42.5 Å². The van der Waals surface area contributed by atoms with Crippen molar-refractivity contribution in [2.75, 3.05) is 26.3 Å². The molecule has 1 aliphatic heterocycles. The third-order valence-corrected chi connectivity index (χ3v) is 5.62. The van der Waals surface area contributed by atoms with E-state index in [4.69, 9.17) is 9.47 Å². The number of benzene rings is 1. The number of hydrogen-bond acceptors (Lipinski definition) is 4. The summed E-state index contributed by atoms with van der Waals surface area (Å²) in [7, 11) is 0. The van der Waals surface area contributed by atoms with Crippen molar-refractivity contribution in [1.82, 2.24) is 4.90 Å². The van der Waals surface area contributed by atoms with Crippen molar-refractivity contribution in [3.8, 4) is 5.75 Å². The maximum Gasteiger partial charge on any atom is 0.124 e. The third kappa shape index (κ3) is 3.37. The molecule has 2 aliphatic rings. The molecule has 4 heteroatoms. The lowest BCUT2D eigenvalue weighted by Crippen LogP contribution is -2.62. The van der Waals surface area contributed by atoms with Gasteiger partial charge in [0.25, 0.3) is 0 Å². The predicted octanol–water partition coefficient (Wildman–Crippen LogP) is 3.00. The van der Waals surface area contributed by atoms with Gasteiger partial charge in [0.15, 0.2) is 0 Å². The van der Waals surface area contributed by atoms with Crippen LogP contribution in [0.15, 0.2) is 36.9 Å². The minimum absolute atomic E-state index is 0.00856. The largest absolute Gasteiger partial charge is 0.489 e. The third-order valence-electron chi connectivity index (χ3n) is 5.62. The van der Waals surface area contributed by atoms with Crippen molar-refractivity contribution < 1.29 is 14.6 Å². The van der Waals surface area contributed by atoms with Crippen LogP contribution in [0.1, 0.15) is 31.7 Å². The fraction of sp³-hybridized carbons (Fsp3) is 0.600. The van der Waals surface area contributed by atoms with Crippen molar-refractivity contribution in [3.63, 3.8) is 0 Å². The maximum absolute atomic E-state index is 10.3. The van der Waals surface area contributed by atoms with Crippen LogP contribution in [0.4, 0.5) is 0 Å². The normalized spacial score (nSPS) is 26.1. The second kappa shape index (κ2) is 7.68. The van der Waals surface area contributed by atoms with E-state index in [-0.39, 0.29) is 17.6 Å². The lowest BCUT2D eigenvalue weighted by Gasteiger charge is -2.56. The Morgan fingerprint density at radius 1 is 1.33 bits per heavy atom. The van der Waals surface area contributed by atoms with E-state index >= 15 is 0 Å². The molecule has 2 fully saturated rings. The molecule has 1 heterocycles. The van der Waals surface area contributed by atoms with Crippen molar-refractivity contribution in [2.45, 2.75) is 44.9 Å². The summed E-state index contributed by atoms with van der Waals surface area (Å²) in [5, 5.41) is 10.3. The van der Waals surface area contributed by atoms with Crippen LogP contribution in [-0.4, -0.2) is 48.5 Å². The summed E-state index contributed by atoms with van der Waals surface area (Å²) in [6, 6.07) is 8.21. The van der Waals surface area contributed by atoms with E-state index in [1.54, 1.807) is 6.08 Å². The number of hydrogen-bond donors (Lipinski definition) is 1. The summed E-state index contributed by atoms with van der Waals surface area (Å²) in [4.78, 5) is 2.45. The zero-order chi connectivity index (χ0) is 17.0. The standard InChI is InChI=1S/C20H29NO3/c1-3-13-24-17-8-6-5-7-16(17)15-21-11-9-20(10-12-21)18(22)14-19(20)23-4-2/h3,5-8,18-19,22H,1,4,9-15H2,2H3. The molecule has 132 valence electrons. The molecular weight excluding hydrogens is 302 g/mol. The van der Waals surface area contributed by atoms with Crippen LogP contribution in [0, 0.1) is 5.41 Å². The summed E-state index contributed by atoms with van der Waals surface area (Å²) in [6.45, 7) is 9.89. The zero-order valence-corrected chi connectivity index (χ0v) is 14.6. The average Bonchev–Trinajstić information content (AvgIpc) is 2.61. The van der Waals surface area contributed by atoms with Gasteiger partial charge in [-0.1, -0.05) is 30.9 Å². The Kier molecular flexibility index (Phi) is 5.59. The van der Waals surface area contributed by atoms with E-state index < -0.39 is 0 Å². The van der Waals surface area contributed by atoms with Crippen LogP contribution < -0.4 is 4.74 Å². The highest BCUT2D eigenvalue weighted by atomic mass is 16.5. The summed E-state index contributed by atoms with van der Waals surface area (Å²) in [6.07, 6.45) is 4.63. The first-order valence-corrected chi connectivity index (χ1v) is 9.03. The predicted molar refractivity (Wildman–Crippen MR) is 95.1 cm³/mol. The van der Waals surface area contributed by atoms with E-state index in [2.05, 4.69) is 23.6 Å². The van der Waals surface area contributed by atoms with Crippen LogP contribution in [0.25, 0.3) is 0 Å². The molecule has 0 aromatic heterocycles. The Labute approximate surface area is 145 Å². The molecular formula is C20H29NO3. The SMILES string of the molecule is C=CCOc1ccccc1CN1CCC2(CC1)C(O)CC2OCC. The van der Waals surface area contributed by atoms with E-state index in [1.165, 1.54) is 5.56 Å². The Balaban J connectivity index is 1.59. The van der Waals surface area contributed by atoms with Crippen LogP contribution in [0.3, 0.4) is 0 Å². The highest BCUT2D eigenvalue weighted by Crippen LogP contribution is 2.51. The lowest BCUT2D eigenvalue weighted by molar-refractivity contribution is -0.209. The van der Waals surface area contributed by atoms with Crippen LogP contribution in [-0.2, 0) is 11.3 Å². The fourth-order valence-electron chi connectivity index (χ4n) is 4.11. The van der Waals surface area contributed by atoms with Gasteiger partial charge in [0.2, 0.25) is 0 Å². The average molecular weight is 331 g/mol. The number of likely N-dealkylation sites (tertiary alicyclic amines) is 1. The van der Waals surface area contributed by atoms with Crippen molar-refractivity contribution in [1.29, 1.82) is 0 Å². The van der Waals surface area contributed by atoms with E-state index in [9.17, 15) is 5.11 Å². The quantitative estimate of drug-likeness (QED) is 0.780. The smallest absolute Gasteiger partial charge is 0.124 e. The molecule has 1 saturated heterocycles. The number of nitrogens with zero attached hydrogens (tertiary/aromatic N) is 1. The monoisotopic (exact) mass is 331 g/mol. The van der Waals surface area contributed by atoms with E-state index in [0.717, 1.165) is 51.3 Å². The Morgan fingerprint density at radius 2 is 2.08 bits per heavy atom. The van der Waals surface area contributed by atoms with Gasteiger partial charge >= 0.3 is 0 Å². The van der Waals surface area contributed by atoms with Gasteiger partial charge in [-0.15, -0.1) is 0 Å². The minimum atomic E-state index is -0.195. The highest BCUT2D eigenvalue weighted by molar-refractivity contribution is 5.33. The van der Waals surface area contributed by atoms with Gasteiger partial charge in [0.1, 0.15) is 12.4 Å². The molecule has 1 aromatic rings. The van der Waals surface area contributed by atoms with Crippen LogP contribution in [0.5, 0.6) is 5.75 Å². The molecule has 0 bridgehead atoms. The number of para-hydroxylation sites is 1. The summed E-state index contributed by atoms with van der Waals surface area (Å²) >= 11 is 0. The Hall–Kier alpha value is -1.36. The van der Waals surface area contributed by atoms with E-state index in [1.807, 2.05) is 19.1 Å². The molecule has 1 aliphatic carbocycles. The number of aliphatic hydroxyl groups excluding tert-OH is 1. The maximum atomic E-state index is 10.3. The molecule has 4 nitrogen and oxygen atoms in total. The summed E-state index contributed by atoms with van der Waals surface area (Å²) < 4.78 is 11.6. The molecule has 1 aromatic carbocycles. The van der Waals surface area contributed by atoms with Crippen LogP contribution >= 0.6 is 0 Å². The second-order valence-electron chi connectivity index (χ2n) is 6.91. The number of rotatable bonds is 7. The van der Waals surface area contributed by atoms with Crippen molar-refractivity contribution >= 4 is 0 Å². The second-order valence-corrected chi connectivity index (χ2v) is 6.91. The number of piperidine rings is 1. The molecule has 1 N–H and O–H groups in total. The molecule has 24 heavy (non-hydrogen) atoms. The van der Waals surface area contributed by atoms with Gasteiger partial charge in [-0.25, -0.2) is 0 Å². The molecule has 0 amide bonds. The van der Waals surface area contributed by atoms with Gasteiger partial charge in [0.05, 0.1) is 12.2 Å². The van der Waals surface area contributed by atoms with Crippen LogP contribution in [0.2, 0.25) is 0 Å². The first kappa shape index (κ1) is 17.5. The van der Waals surface area contributed by atoms with Crippen molar-refractivity contribution in [2.24, 2.45) is 5.41 Å². The van der Waals surface area contributed by atoms with Gasteiger partial charge in [0, 0.05) is 30.6 Å². The highest BCUT2D eigenvalue weighted by Gasteiger charge is 2.55. The Bertz CT molecular complexity index is 550. The minimum Gasteiger partial charge on any atom is -0.489 e. The van der Waals surface area contributed by atoms with Gasteiger partial charge in [-0.3, -0.25) is 4.90 Å². The number of aliphatic hydroxyl groups is 1. The molecule has 1 saturated carbocycles. The van der Waals surface area contributed by atoms with E-state index in [0.29, 0.717) is 6.61 Å². The van der Waals surface area contributed by atoms with Gasteiger partial charge in [-0.2, -0.15) is 0 Å². The molecule has 0 radical (unpaired) electrons. The zero-order valence-electron chi connectivity index (χ0n) is 14.6. The summed E-state index contributed by atoms with van der Waals surface area (Å²) in [5.41, 5.74) is 1.21. The molecule has 1 spiro atoms. The van der Waals surface area contributed by atoms with Gasteiger partial charge in [-0.05, 0) is 38.9 Å². The first-order chi connectivity index (χ1) is 11.7. The topological polar surface area (TPSA) is 41.9 Å². The molecule has 2 atom stereocenters. The molecule has 2 unspecified atom stereocenters. The molecule has 3 rings (SSSR count). The first-order valence-electron chi connectivity index (χ1n) is 9.03.